The second-order valence-electron chi connectivity index (χ2n) is 6.79. The van der Waals surface area contributed by atoms with Gasteiger partial charge in [-0.25, -0.2) is 14.8 Å². The number of hydrogen-bond acceptors (Lipinski definition) is 6. The van der Waals surface area contributed by atoms with Gasteiger partial charge in [-0.05, 0) is 38.0 Å². The lowest BCUT2D eigenvalue weighted by Crippen LogP contribution is -2.48. The Morgan fingerprint density at radius 1 is 1.23 bits per heavy atom. The van der Waals surface area contributed by atoms with E-state index in [1.54, 1.807) is 11.8 Å². The van der Waals surface area contributed by atoms with Gasteiger partial charge >= 0.3 is 18.2 Å². The van der Waals surface area contributed by atoms with Crippen molar-refractivity contribution in [2.75, 3.05) is 31.6 Å². The number of ether oxygens (including phenoxy) is 1. The number of nitrogens with one attached hydrogen (secondary N) is 2. The highest BCUT2D eigenvalue weighted by Crippen LogP contribution is 2.30. The summed E-state index contributed by atoms with van der Waals surface area (Å²) in [7, 11) is 0. The van der Waals surface area contributed by atoms with Gasteiger partial charge in [0.1, 0.15) is 18.1 Å². The van der Waals surface area contributed by atoms with Crippen LogP contribution in [0.5, 0.6) is 0 Å². The highest BCUT2D eigenvalue weighted by Gasteiger charge is 2.32. The van der Waals surface area contributed by atoms with Crippen molar-refractivity contribution in [1.29, 1.82) is 0 Å². The van der Waals surface area contributed by atoms with Crippen LogP contribution in [0.2, 0.25) is 0 Å². The third-order valence-corrected chi connectivity index (χ3v) is 4.72. The van der Waals surface area contributed by atoms with Gasteiger partial charge in [0, 0.05) is 30.7 Å². The van der Waals surface area contributed by atoms with Crippen molar-refractivity contribution in [2.45, 2.75) is 32.0 Å². The van der Waals surface area contributed by atoms with Crippen molar-refractivity contribution in [3.63, 3.8) is 0 Å². The van der Waals surface area contributed by atoms with Crippen LogP contribution >= 0.6 is 0 Å². The Balaban J connectivity index is 1.58. The molecule has 3 heterocycles. The molecule has 0 atom stereocenters. The lowest BCUT2D eigenvalue weighted by molar-refractivity contribution is -0.142. The van der Waals surface area contributed by atoms with Crippen LogP contribution in [0.1, 0.15) is 25.5 Å². The molecule has 1 fully saturated rings. The third kappa shape index (κ3) is 5.28. The van der Waals surface area contributed by atoms with Crippen molar-refractivity contribution < 1.29 is 27.5 Å². The van der Waals surface area contributed by atoms with Crippen LogP contribution < -0.4 is 10.6 Å². The number of urea groups is 1. The maximum atomic E-state index is 12.9. The van der Waals surface area contributed by atoms with Crippen LogP contribution in [0.3, 0.4) is 0 Å². The van der Waals surface area contributed by atoms with E-state index in [1.165, 1.54) is 18.3 Å². The normalized spacial score (nSPS) is 15.1. The molecule has 1 aliphatic rings. The minimum Gasteiger partial charge on any atom is -0.465 e. The molecule has 2 N–H and O–H groups in total. The minimum absolute atomic E-state index is 0.000464. The molecule has 30 heavy (non-hydrogen) atoms. The Morgan fingerprint density at radius 2 is 1.97 bits per heavy atom. The van der Waals surface area contributed by atoms with E-state index in [0.29, 0.717) is 37.1 Å². The van der Waals surface area contributed by atoms with Crippen LogP contribution in [0, 0.1) is 0 Å². The van der Waals surface area contributed by atoms with E-state index in [-0.39, 0.29) is 30.7 Å². The number of carbonyl (C=O) groups excluding carboxylic acids is 2. The zero-order valence-electron chi connectivity index (χ0n) is 16.3. The van der Waals surface area contributed by atoms with Gasteiger partial charge in [0.2, 0.25) is 0 Å². The van der Waals surface area contributed by atoms with E-state index in [2.05, 4.69) is 20.6 Å². The molecule has 0 saturated carbocycles. The number of rotatable bonds is 5. The number of anilines is 1. The van der Waals surface area contributed by atoms with Crippen LogP contribution in [0.4, 0.5) is 23.8 Å². The summed E-state index contributed by atoms with van der Waals surface area (Å²) in [5.74, 6) is -0.0364. The molecule has 2 aromatic rings. The standard InChI is InChI=1S/C19H22F3N5O3/c1-2-30-16(28)11-24-18(29)27-9-6-12(7-10-27)25-17-13-3-4-15(19(20,21)22)26-14(13)5-8-23-17/h3-5,8,12H,2,6-7,9-11H2,1H3,(H,23,25)(H,24,29). The molecule has 0 unspecified atom stereocenters. The molecular formula is C19H22F3N5O3. The van der Waals surface area contributed by atoms with Crippen molar-refractivity contribution in [3.8, 4) is 0 Å². The van der Waals surface area contributed by atoms with E-state index in [0.717, 1.165) is 6.07 Å². The Bertz CT molecular complexity index is 914. The summed E-state index contributed by atoms with van der Waals surface area (Å²) in [6.45, 7) is 2.69. The van der Waals surface area contributed by atoms with Crippen molar-refractivity contribution in [1.82, 2.24) is 20.2 Å². The molecule has 0 radical (unpaired) electrons. The molecule has 1 aliphatic heterocycles. The molecular weight excluding hydrogens is 403 g/mol. The molecule has 3 rings (SSSR count). The molecule has 162 valence electrons. The molecule has 1 saturated heterocycles. The molecule has 0 bridgehead atoms. The second kappa shape index (κ2) is 9.14. The van der Waals surface area contributed by atoms with Gasteiger partial charge in [-0.15, -0.1) is 0 Å². The Morgan fingerprint density at radius 3 is 2.63 bits per heavy atom. The van der Waals surface area contributed by atoms with Gasteiger partial charge < -0.3 is 20.3 Å². The molecule has 0 aromatic carbocycles. The number of halogens is 3. The lowest BCUT2D eigenvalue weighted by atomic mass is 10.0. The maximum Gasteiger partial charge on any atom is 0.433 e. The fraction of sp³-hybridized carbons (Fsp3) is 0.474. The first-order valence-corrected chi connectivity index (χ1v) is 9.56. The molecule has 0 aliphatic carbocycles. The molecule has 2 amide bonds. The van der Waals surface area contributed by atoms with Crippen molar-refractivity contribution in [3.05, 3.63) is 30.1 Å². The number of carbonyl (C=O) groups is 2. The van der Waals surface area contributed by atoms with E-state index >= 15 is 0 Å². The van der Waals surface area contributed by atoms with Gasteiger partial charge in [-0.1, -0.05) is 0 Å². The first-order chi connectivity index (χ1) is 14.3. The van der Waals surface area contributed by atoms with Gasteiger partial charge in [-0.2, -0.15) is 13.2 Å². The molecule has 8 nitrogen and oxygen atoms in total. The summed E-state index contributed by atoms with van der Waals surface area (Å²) in [5, 5.41) is 6.27. The second-order valence-corrected chi connectivity index (χ2v) is 6.79. The topological polar surface area (TPSA) is 96.5 Å². The number of esters is 1. The average molecular weight is 425 g/mol. The van der Waals surface area contributed by atoms with E-state index < -0.39 is 17.8 Å². The van der Waals surface area contributed by atoms with Crippen LogP contribution in [-0.4, -0.2) is 59.2 Å². The van der Waals surface area contributed by atoms with E-state index in [1.807, 2.05) is 0 Å². The number of pyridine rings is 2. The van der Waals surface area contributed by atoms with Gasteiger partial charge in [0.05, 0.1) is 12.1 Å². The predicted molar refractivity (Wildman–Crippen MR) is 103 cm³/mol. The highest BCUT2D eigenvalue weighted by atomic mass is 19.4. The highest BCUT2D eigenvalue weighted by molar-refractivity contribution is 5.89. The average Bonchev–Trinajstić information content (AvgIpc) is 2.72. The maximum absolute atomic E-state index is 12.9. The zero-order valence-corrected chi connectivity index (χ0v) is 16.3. The summed E-state index contributed by atoms with van der Waals surface area (Å²) in [4.78, 5) is 33.0. The monoisotopic (exact) mass is 425 g/mol. The fourth-order valence-corrected chi connectivity index (χ4v) is 3.22. The number of piperidine rings is 1. The van der Waals surface area contributed by atoms with Gasteiger partial charge in [0.15, 0.2) is 0 Å². The smallest absolute Gasteiger partial charge is 0.433 e. The lowest BCUT2D eigenvalue weighted by Gasteiger charge is -2.32. The predicted octanol–water partition coefficient (Wildman–Crippen LogP) is 2.80. The Labute approximate surface area is 170 Å². The van der Waals surface area contributed by atoms with Gasteiger partial charge in [-0.3, -0.25) is 4.79 Å². The Kier molecular flexibility index (Phi) is 6.58. The zero-order chi connectivity index (χ0) is 21.7. The summed E-state index contributed by atoms with van der Waals surface area (Å²) in [6, 6.07) is 3.39. The van der Waals surface area contributed by atoms with E-state index in [9.17, 15) is 22.8 Å². The fourth-order valence-electron chi connectivity index (χ4n) is 3.22. The summed E-state index contributed by atoms with van der Waals surface area (Å²) in [5.41, 5.74) is -0.743. The first kappa shape index (κ1) is 21.6. The van der Waals surface area contributed by atoms with Crippen LogP contribution in [-0.2, 0) is 15.7 Å². The summed E-state index contributed by atoms with van der Waals surface area (Å²) < 4.78 is 43.4. The quantitative estimate of drug-likeness (QED) is 0.716. The number of fused-ring (bicyclic) bond motifs is 1. The summed E-state index contributed by atoms with van der Waals surface area (Å²) in [6.07, 6.45) is -1.85. The largest absolute Gasteiger partial charge is 0.465 e. The SMILES string of the molecule is CCOC(=O)CNC(=O)N1CCC(Nc2nccc3nc(C(F)(F)F)ccc23)CC1. The third-order valence-electron chi connectivity index (χ3n) is 4.72. The Hall–Kier alpha value is -3.11. The molecule has 11 heteroatoms. The first-order valence-electron chi connectivity index (χ1n) is 9.56. The van der Waals surface area contributed by atoms with Crippen LogP contribution in [0.25, 0.3) is 10.9 Å². The number of hydrogen-bond donors (Lipinski definition) is 2. The van der Waals surface area contributed by atoms with E-state index in [4.69, 9.17) is 4.74 Å². The number of likely N-dealkylation sites (tertiary alicyclic amines) is 1. The number of amides is 2. The van der Waals surface area contributed by atoms with Gasteiger partial charge in [0.25, 0.3) is 0 Å². The summed E-state index contributed by atoms with van der Waals surface area (Å²) >= 11 is 0. The van der Waals surface area contributed by atoms with Crippen molar-refractivity contribution >= 4 is 28.7 Å². The molecule has 0 spiro atoms. The number of alkyl halides is 3. The minimum atomic E-state index is -4.51. The number of aromatic nitrogens is 2. The van der Waals surface area contributed by atoms with Crippen LogP contribution in [0.15, 0.2) is 24.4 Å². The molecule has 2 aromatic heterocycles. The number of nitrogens with zero attached hydrogens (tertiary/aromatic N) is 3. The van der Waals surface area contributed by atoms with Crippen molar-refractivity contribution in [2.24, 2.45) is 0 Å².